The van der Waals surface area contributed by atoms with Crippen LogP contribution in [0.4, 0.5) is 13.2 Å². The maximum Gasteiger partial charge on any atom is 0.406 e. The normalized spacial score (nSPS) is 20.6. The molecule has 1 heterocycles. The van der Waals surface area contributed by atoms with Crippen LogP contribution in [0.2, 0.25) is 0 Å². The number of rotatable bonds is 2. The van der Waals surface area contributed by atoms with Gasteiger partial charge in [-0.05, 0) is 25.9 Å². The van der Waals surface area contributed by atoms with Crippen LogP contribution in [0.3, 0.4) is 0 Å². The second kappa shape index (κ2) is 4.61. The number of alkyl halides is 3. The van der Waals surface area contributed by atoms with Crippen LogP contribution >= 0.6 is 0 Å². The van der Waals surface area contributed by atoms with Gasteiger partial charge in [-0.15, -0.1) is 0 Å². The van der Waals surface area contributed by atoms with Gasteiger partial charge in [0.2, 0.25) is 5.91 Å². The summed E-state index contributed by atoms with van der Waals surface area (Å²) in [6.07, 6.45) is -3.14. The van der Waals surface area contributed by atoms with Crippen LogP contribution in [0.15, 0.2) is 0 Å². The van der Waals surface area contributed by atoms with Crippen molar-refractivity contribution in [3.8, 4) is 0 Å². The van der Waals surface area contributed by atoms with E-state index in [0.717, 1.165) is 4.90 Å². The quantitative estimate of drug-likeness (QED) is 0.788. The van der Waals surface area contributed by atoms with E-state index in [4.69, 9.17) is 0 Å². The van der Waals surface area contributed by atoms with Crippen LogP contribution in [0.5, 0.6) is 0 Å². The molecule has 0 spiro atoms. The maximum atomic E-state index is 12.2. The topological polar surface area (TPSA) is 32.3 Å². The largest absolute Gasteiger partial charge is 0.406 e. The van der Waals surface area contributed by atoms with E-state index < -0.39 is 24.0 Å². The van der Waals surface area contributed by atoms with Crippen LogP contribution in [-0.4, -0.2) is 43.7 Å². The lowest BCUT2D eigenvalue weighted by molar-refractivity contribution is -0.165. The van der Waals surface area contributed by atoms with Gasteiger partial charge in [0.25, 0.3) is 0 Å². The maximum absolute atomic E-state index is 12.2. The molecule has 0 aromatic heterocycles. The van der Waals surface area contributed by atoms with E-state index in [9.17, 15) is 18.0 Å². The molecular weight excluding hydrogens is 221 g/mol. The molecule has 1 N–H and O–H groups in total. The van der Waals surface area contributed by atoms with Gasteiger partial charge >= 0.3 is 6.18 Å². The van der Waals surface area contributed by atoms with Crippen molar-refractivity contribution in [2.75, 3.05) is 26.7 Å². The third-order valence-electron chi connectivity index (χ3n) is 2.99. The molecule has 1 aliphatic heterocycles. The fourth-order valence-corrected chi connectivity index (χ4v) is 1.99. The fraction of sp³-hybridized carbons (Fsp3) is 0.900. The van der Waals surface area contributed by atoms with Crippen LogP contribution in [-0.2, 0) is 4.79 Å². The summed E-state index contributed by atoms with van der Waals surface area (Å²) in [5.41, 5.74) is -0.648. The molecule has 0 aromatic rings. The minimum atomic E-state index is -4.33. The van der Waals surface area contributed by atoms with E-state index >= 15 is 0 Å². The summed E-state index contributed by atoms with van der Waals surface area (Å²) in [7, 11) is 1.21. The summed E-state index contributed by atoms with van der Waals surface area (Å²) in [5, 5.41) is 3.09. The van der Waals surface area contributed by atoms with Crippen LogP contribution in [0, 0.1) is 5.41 Å². The molecule has 0 unspecified atom stereocenters. The molecular formula is C10H17F3N2O. The third kappa shape index (κ3) is 3.37. The zero-order valence-electron chi connectivity index (χ0n) is 9.52. The van der Waals surface area contributed by atoms with Gasteiger partial charge in [-0.3, -0.25) is 4.79 Å². The van der Waals surface area contributed by atoms with Crippen molar-refractivity contribution in [2.45, 2.75) is 25.9 Å². The van der Waals surface area contributed by atoms with Gasteiger partial charge in [-0.25, -0.2) is 0 Å². The van der Waals surface area contributed by atoms with E-state index in [-0.39, 0.29) is 0 Å². The van der Waals surface area contributed by atoms with Gasteiger partial charge in [0.15, 0.2) is 0 Å². The van der Waals surface area contributed by atoms with Gasteiger partial charge in [-0.1, -0.05) is 6.92 Å². The average molecular weight is 238 g/mol. The predicted octanol–water partition coefficient (Wildman–Crippen LogP) is 1.40. The molecule has 0 saturated carbocycles. The number of hydrogen-bond acceptors (Lipinski definition) is 2. The van der Waals surface area contributed by atoms with Gasteiger partial charge in [-0.2, -0.15) is 13.2 Å². The van der Waals surface area contributed by atoms with Gasteiger partial charge < -0.3 is 10.2 Å². The highest BCUT2D eigenvalue weighted by Gasteiger charge is 2.40. The average Bonchev–Trinajstić information content (AvgIpc) is 2.15. The predicted molar refractivity (Wildman–Crippen MR) is 53.9 cm³/mol. The van der Waals surface area contributed by atoms with Crippen molar-refractivity contribution < 1.29 is 18.0 Å². The molecule has 16 heavy (non-hydrogen) atoms. The van der Waals surface area contributed by atoms with E-state index in [0.29, 0.717) is 25.9 Å². The zero-order chi connectivity index (χ0) is 12.4. The molecule has 0 aliphatic carbocycles. The lowest BCUT2D eigenvalue weighted by Crippen LogP contribution is -2.48. The van der Waals surface area contributed by atoms with Crippen LogP contribution in [0.1, 0.15) is 19.8 Å². The lowest BCUT2D eigenvalue weighted by atomic mass is 9.80. The number of nitrogens with zero attached hydrogens (tertiary/aromatic N) is 1. The molecule has 0 atom stereocenters. The highest BCUT2D eigenvalue weighted by molar-refractivity contribution is 5.82. The molecule has 1 aliphatic rings. The smallest absolute Gasteiger partial charge is 0.336 e. The Morgan fingerprint density at radius 2 is 1.88 bits per heavy atom. The minimum absolute atomic E-state index is 0.411. The van der Waals surface area contributed by atoms with Crippen molar-refractivity contribution in [3.63, 3.8) is 0 Å². The van der Waals surface area contributed by atoms with E-state index in [1.807, 2.05) is 0 Å². The summed E-state index contributed by atoms with van der Waals surface area (Å²) in [6, 6.07) is 0. The summed E-state index contributed by atoms with van der Waals surface area (Å²) in [6.45, 7) is 1.93. The van der Waals surface area contributed by atoms with Crippen molar-refractivity contribution in [1.29, 1.82) is 0 Å². The lowest BCUT2D eigenvalue weighted by Gasteiger charge is -2.36. The van der Waals surface area contributed by atoms with Crippen molar-refractivity contribution in [3.05, 3.63) is 0 Å². The first-order valence-electron chi connectivity index (χ1n) is 5.28. The van der Waals surface area contributed by atoms with E-state index in [1.165, 1.54) is 7.05 Å². The first-order chi connectivity index (χ1) is 7.25. The number of nitrogens with one attached hydrogen (secondary N) is 1. The molecule has 94 valence electrons. The first-order valence-corrected chi connectivity index (χ1v) is 5.28. The van der Waals surface area contributed by atoms with E-state index in [1.54, 1.807) is 6.92 Å². The molecule has 0 aromatic carbocycles. The zero-order valence-corrected chi connectivity index (χ0v) is 9.52. The Morgan fingerprint density at radius 1 is 1.38 bits per heavy atom. The third-order valence-corrected chi connectivity index (χ3v) is 2.99. The molecule has 1 saturated heterocycles. The van der Waals surface area contributed by atoms with Crippen molar-refractivity contribution in [2.24, 2.45) is 5.41 Å². The SMILES string of the molecule is CN(CC(F)(F)F)C(=O)C1(C)CCNCC1. The molecule has 0 bridgehead atoms. The number of halogens is 3. The Kier molecular flexibility index (Phi) is 3.83. The molecule has 1 amide bonds. The number of carbonyl (C=O) groups is 1. The summed E-state index contributed by atoms with van der Waals surface area (Å²) >= 11 is 0. The summed E-state index contributed by atoms with van der Waals surface area (Å²) < 4.78 is 36.5. The Balaban J connectivity index is 2.62. The van der Waals surface area contributed by atoms with Gasteiger partial charge in [0.05, 0.1) is 0 Å². The van der Waals surface area contributed by atoms with Crippen LogP contribution in [0.25, 0.3) is 0 Å². The standard InChI is InChI=1S/C10H17F3N2O/c1-9(3-5-14-6-4-9)8(16)15(2)7-10(11,12)13/h14H,3-7H2,1-2H3. The Hall–Kier alpha value is -0.780. The molecule has 6 heteroatoms. The molecule has 0 radical (unpaired) electrons. The molecule has 3 nitrogen and oxygen atoms in total. The van der Waals surface area contributed by atoms with Gasteiger partial charge in [0, 0.05) is 12.5 Å². The number of hydrogen-bond donors (Lipinski definition) is 1. The van der Waals surface area contributed by atoms with Crippen molar-refractivity contribution in [1.82, 2.24) is 10.2 Å². The Morgan fingerprint density at radius 3 is 2.31 bits per heavy atom. The minimum Gasteiger partial charge on any atom is -0.336 e. The summed E-state index contributed by atoms with van der Waals surface area (Å²) in [4.78, 5) is 12.7. The molecule has 1 rings (SSSR count). The second-order valence-corrected chi connectivity index (χ2v) is 4.59. The number of amides is 1. The number of carbonyl (C=O) groups excluding carboxylic acids is 1. The summed E-state index contributed by atoms with van der Waals surface area (Å²) in [5.74, 6) is -0.411. The first kappa shape index (κ1) is 13.3. The number of piperidine rings is 1. The highest BCUT2D eigenvalue weighted by Crippen LogP contribution is 2.30. The second-order valence-electron chi connectivity index (χ2n) is 4.59. The van der Waals surface area contributed by atoms with Crippen LogP contribution < -0.4 is 5.32 Å². The Bertz CT molecular complexity index is 259. The molecule has 1 fully saturated rings. The van der Waals surface area contributed by atoms with Gasteiger partial charge in [0.1, 0.15) is 6.54 Å². The highest BCUT2D eigenvalue weighted by atomic mass is 19.4. The fourth-order valence-electron chi connectivity index (χ4n) is 1.99. The van der Waals surface area contributed by atoms with E-state index in [2.05, 4.69) is 5.32 Å². The monoisotopic (exact) mass is 238 g/mol. The van der Waals surface area contributed by atoms with Crippen molar-refractivity contribution >= 4 is 5.91 Å². The Labute approximate surface area is 93.0 Å².